The molecule has 0 aliphatic rings. The number of hydrogen-bond donors (Lipinski definition) is 0. The van der Waals surface area contributed by atoms with E-state index in [0.29, 0.717) is 27.8 Å². The Morgan fingerprint density at radius 3 is 1.26 bits per heavy atom. The van der Waals surface area contributed by atoms with Gasteiger partial charge in [-0.25, -0.2) is 0 Å². The van der Waals surface area contributed by atoms with Gasteiger partial charge in [0.05, 0.1) is 9.85 Å². The van der Waals surface area contributed by atoms with Gasteiger partial charge in [-0.2, -0.15) is 0 Å². The van der Waals surface area contributed by atoms with Crippen LogP contribution in [-0.2, 0) is 0 Å². The Kier molecular flexibility index (Phi) is 5.74. The summed E-state index contributed by atoms with van der Waals surface area (Å²) in [6.45, 7) is 5.20. The lowest BCUT2D eigenvalue weighted by Crippen LogP contribution is -2.14. The first-order valence-electron chi connectivity index (χ1n) is 9.31. The maximum absolute atomic E-state index is 13.2. The molecule has 8 nitrogen and oxygen atoms in total. The van der Waals surface area contributed by atoms with E-state index in [1.165, 1.54) is 48.5 Å². The number of nitro benzene ring substituents is 2. The highest BCUT2D eigenvalue weighted by molar-refractivity contribution is 6.16. The molecule has 0 atom stereocenters. The standard InChI is InChI=1S/C23H18N2O6/c1-13-12-14(2)21(23(27)17-6-10-19(11-7-17)25(30)31)15(3)20(13)22(26)16-4-8-18(9-5-16)24(28)29/h4-12H,1-3H3. The minimum absolute atomic E-state index is 0.122. The lowest BCUT2D eigenvalue weighted by molar-refractivity contribution is -0.385. The van der Waals surface area contributed by atoms with Gasteiger partial charge in [0.1, 0.15) is 0 Å². The summed E-state index contributed by atoms with van der Waals surface area (Å²) in [5.41, 5.74) is 2.85. The van der Waals surface area contributed by atoms with Gasteiger partial charge in [-0.3, -0.25) is 29.8 Å². The van der Waals surface area contributed by atoms with Gasteiger partial charge in [-0.15, -0.1) is 0 Å². The minimum atomic E-state index is -0.544. The van der Waals surface area contributed by atoms with Crippen LogP contribution in [0.15, 0.2) is 54.6 Å². The van der Waals surface area contributed by atoms with Crippen LogP contribution in [-0.4, -0.2) is 21.4 Å². The first-order valence-corrected chi connectivity index (χ1v) is 9.31. The molecule has 0 fully saturated rings. The fraction of sp³-hybridized carbons (Fsp3) is 0.130. The van der Waals surface area contributed by atoms with Crippen molar-refractivity contribution >= 4 is 22.9 Å². The van der Waals surface area contributed by atoms with Crippen LogP contribution in [0.5, 0.6) is 0 Å². The predicted molar refractivity (Wildman–Crippen MR) is 114 cm³/mol. The Balaban J connectivity index is 2.07. The van der Waals surface area contributed by atoms with Crippen molar-refractivity contribution in [2.45, 2.75) is 20.8 Å². The van der Waals surface area contributed by atoms with Crippen LogP contribution < -0.4 is 0 Å². The molecule has 0 aliphatic heterocycles. The molecule has 0 saturated heterocycles. The van der Waals surface area contributed by atoms with Crippen molar-refractivity contribution in [2.24, 2.45) is 0 Å². The van der Waals surface area contributed by atoms with Crippen molar-refractivity contribution in [3.05, 3.63) is 114 Å². The van der Waals surface area contributed by atoms with Crippen LogP contribution in [0.1, 0.15) is 48.5 Å². The summed E-state index contributed by atoms with van der Waals surface area (Å²) in [7, 11) is 0. The molecule has 0 saturated carbocycles. The average Bonchev–Trinajstić information content (AvgIpc) is 2.73. The highest BCUT2D eigenvalue weighted by atomic mass is 16.6. The van der Waals surface area contributed by atoms with Crippen molar-refractivity contribution in [3.63, 3.8) is 0 Å². The molecule has 0 radical (unpaired) electrons. The lowest BCUT2D eigenvalue weighted by atomic mass is 9.86. The van der Waals surface area contributed by atoms with Gasteiger partial charge in [0.25, 0.3) is 11.4 Å². The van der Waals surface area contributed by atoms with Crippen LogP contribution in [0, 0.1) is 41.0 Å². The first-order chi connectivity index (χ1) is 14.6. The molecular weight excluding hydrogens is 400 g/mol. The maximum atomic E-state index is 13.2. The predicted octanol–water partition coefficient (Wildman–Crippen LogP) is 4.89. The zero-order valence-corrected chi connectivity index (χ0v) is 17.0. The summed E-state index contributed by atoms with van der Waals surface area (Å²) in [5, 5.41) is 21.7. The molecule has 0 unspecified atom stereocenters. The third-order valence-electron chi connectivity index (χ3n) is 5.11. The van der Waals surface area contributed by atoms with Gasteiger partial charge in [-0.05, 0) is 61.7 Å². The zero-order chi connectivity index (χ0) is 22.9. The third-order valence-corrected chi connectivity index (χ3v) is 5.11. The van der Waals surface area contributed by atoms with Crippen molar-refractivity contribution in [3.8, 4) is 0 Å². The van der Waals surface area contributed by atoms with Crippen molar-refractivity contribution in [2.75, 3.05) is 0 Å². The van der Waals surface area contributed by atoms with Crippen LogP contribution >= 0.6 is 0 Å². The van der Waals surface area contributed by atoms with Crippen molar-refractivity contribution in [1.29, 1.82) is 0 Å². The van der Waals surface area contributed by atoms with E-state index in [0.717, 1.165) is 0 Å². The van der Waals surface area contributed by atoms with Gasteiger partial charge in [0, 0.05) is 46.5 Å². The Bertz CT molecular complexity index is 1130. The highest BCUT2D eigenvalue weighted by Gasteiger charge is 2.23. The number of hydrogen-bond acceptors (Lipinski definition) is 6. The van der Waals surface area contributed by atoms with E-state index in [2.05, 4.69) is 0 Å². The first kappa shape index (κ1) is 21.5. The van der Waals surface area contributed by atoms with E-state index in [9.17, 15) is 29.8 Å². The molecule has 3 aromatic carbocycles. The number of aryl methyl sites for hydroxylation is 2. The average molecular weight is 418 g/mol. The molecule has 0 N–H and O–H groups in total. The van der Waals surface area contributed by atoms with Gasteiger partial charge in [-0.1, -0.05) is 6.07 Å². The molecule has 0 amide bonds. The van der Waals surface area contributed by atoms with E-state index in [1.54, 1.807) is 26.8 Å². The number of carbonyl (C=O) groups excluding carboxylic acids is 2. The van der Waals surface area contributed by atoms with Crippen LogP contribution in [0.4, 0.5) is 11.4 Å². The fourth-order valence-electron chi connectivity index (χ4n) is 3.64. The summed E-state index contributed by atoms with van der Waals surface area (Å²) >= 11 is 0. The second kappa shape index (κ2) is 8.27. The molecule has 156 valence electrons. The van der Waals surface area contributed by atoms with Crippen molar-refractivity contribution < 1.29 is 19.4 Å². The molecule has 31 heavy (non-hydrogen) atoms. The number of ketones is 2. The van der Waals surface area contributed by atoms with E-state index >= 15 is 0 Å². The number of rotatable bonds is 6. The largest absolute Gasteiger partial charge is 0.289 e. The van der Waals surface area contributed by atoms with Crippen molar-refractivity contribution in [1.82, 2.24) is 0 Å². The number of non-ortho nitro benzene ring substituents is 2. The van der Waals surface area contributed by atoms with Gasteiger partial charge in [0.15, 0.2) is 11.6 Å². The SMILES string of the molecule is Cc1cc(C)c(C(=O)c2ccc([N+](=O)[O-])cc2)c(C)c1C(=O)c1ccc([N+](=O)[O-])cc1. The summed E-state index contributed by atoms with van der Waals surface area (Å²) in [5.74, 6) is -0.690. The molecule has 3 aromatic rings. The van der Waals surface area contributed by atoms with Gasteiger partial charge >= 0.3 is 0 Å². The molecule has 0 aliphatic carbocycles. The normalized spacial score (nSPS) is 10.5. The minimum Gasteiger partial charge on any atom is -0.289 e. The van der Waals surface area contributed by atoms with Gasteiger partial charge in [0.2, 0.25) is 0 Å². The fourth-order valence-corrected chi connectivity index (χ4v) is 3.64. The molecule has 0 aromatic heterocycles. The van der Waals surface area contributed by atoms with Crippen LogP contribution in [0.3, 0.4) is 0 Å². The summed E-state index contributed by atoms with van der Waals surface area (Å²) in [6, 6.07) is 12.3. The smallest absolute Gasteiger partial charge is 0.269 e. The molecular formula is C23H18N2O6. The van der Waals surface area contributed by atoms with E-state index < -0.39 is 9.85 Å². The lowest BCUT2D eigenvalue weighted by Gasteiger charge is -2.16. The Hall–Kier alpha value is -4.20. The van der Waals surface area contributed by atoms with Gasteiger partial charge < -0.3 is 0 Å². The second-order valence-corrected chi connectivity index (χ2v) is 7.15. The third kappa shape index (κ3) is 4.09. The summed E-state index contributed by atoms with van der Waals surface area (Å²) in [4.78, 5) is 46.9. The van der Waals surface area contributed by atoms with E-state index in [-0.39, 0.29) is 34.1 Å². The molecule has 0 spiro atoms. The quantitative estimate of drug-likeness (QED) is 0.319. The van der Waals surface area contributed by atoms with Crippen LogP contribution in [0.25, 0.3) is 0 Å². The Morgan fingerprint density at radius 2 is 0.968 bits per heavy atom. The molecule has 0 heterocycles. The van der Waals surface area contributed by atoms with E-state index in [1.807, 2.05) is 0 Å². The monoisotopic (exact) mass is 418 g/mol. The zero-order valence-electron chi connectivity index (χ0n) is 17.0. The number of carbonyl (C=O) groups is 2. The number of nitrogens with zero attached hydrogens (tertiary/aromatic N) is 2. The Labute approximate surface area is 177 Å². The number of benzene rings is 3. The topological polar surface area (TPSA) is 120 Å². The van der Waals surface area contributed by atoms with E-state index in [4.69, 9.17) is 0 Å². The maximum Gasteiger partial charge on any atom is 0.269 e. The highest BCUT2D eigenvalue weighted by Crippen LogP contribution is 2.28. The van der Waals surface area contributed by atoms with Crippen LogP contribution in [0.2, 0.25) is 0 Å². The second-order valence-electron chi connectivity index (χ2n) is 7.15. The summed E-state index contributed by atoms with van der Waals surface area (Å²) < 4.78 is 0. The molecule has 0 bridgehead atoms. The Morgan fingerprint density at radius 1 is 0.645 bits per heavy atom. The molecule has 3 rings (SSSR count). The number of nitro groups is 2. The summed E-state index contributed by atoms with van der Waals surface area (Å²) in [6.07, 6.45) is 0. The molecule has 8 heteroatoms.